The zero-order valence-corrected chi connectivity index (χ0v) is 11.9. The first-order chi connectivity index (χ1) is 10.7. The normalized spacial score (nSPS) is 15.7. The van der Waals surface area contributed by atoms with Crippen molar-refractivity contribution in [2.24, 2.45) is 0 Å². The molecule has 0 saturated carbocycles. The molecule has 9 heteroatoms. The summed E-state index contributed by atoms with van der Waals surface area (Å²) in [7, 11) is 0. The number of piperazine rings is 1. The van der Waals surface area contributed by atoms with Crippen LogP contribution in [0.4, 0.5) is 17.6 Å². The van der Waals surface area contributed by atoms with Crippen molar-refractivity contribution < 1.29 is 32.3 Å². The van der Waals surface area contributed by atoms with Gasteiger partial charge in [-0.2, -0.15) is 13.2 Å². The molecule has 23 heavy (non-hydrogen) atoms. The van der Waals surface area contributed by atoms with Crippen LogP contribution in [0.2, 0.25) is 0 Å². The molecule has 1 aliphatic heterocycles. The third-order valence-electron chi connectivity index (χ3n) is 3.57. The lowest BCUT2D eigenvalue weighted by Gasteiger charge is -2.34. The molecule has 2 rings (SSSR count). The van der Waals surface area contributed by atoms with Crippen LogP contribution in [0.5, 0.6) is 0 Å². The van der Waals surface area contributed by atoms with E-state index >= 15 is 0 Å². The van der Waals surface area contributed by atoms with Crippen molar-refractivity contribution in [2.75, 3.05) is 32.8 Å². The molecule has 126 valence electrons. The standard InChI is InChI=1S/C14H14F4N2O3/c15-9-1-2-10(11(7-9)14(16,17)18)13(23)20-5-3-19(4-6-20)12(22)8-21/h1-2,7,21H,3-6,8H2. The Bertz CT molecular complexity index is 611. The Morgan fingerprint density at radius 3 is 2.17 bits per heavy atom. The number of benzene rings is 1. The van der Waals surface area contributed by atoms with Gasteiger partial charge in [0.25, 0.3) is 5.91 Å². The topological polar surface area (TPSA) is 60.9 Å². The van der Waals surface area contributed by atoms with E-state index < -0.39 is 41.5 Å². The van der Waals surface area contributed by atoms with E-state index in [1.165, 1.54) is 9.80 Å². The molecule has 0 spiro atoms. The summed E-state index contributed by atoms with van der Waals surface area (Å²) in [5.74, 6) is -2.45. The van der Waals surface area contributed by atoms with Crippen LogP contribution in [0.15, 0.2) is 18.2 Å². The molecule has 0 aliphatic carbocycles. The molecule has 0 bridgehead atoms. The lowest BCUT2D eigenvalue weighted by molar-refractivity contribution is -0.138. The van der Waals surface area contributed by atoms with Gasteiger partial charge in [-0.3, -0.25) is 9.59 Å². The maximum Gasteiger partial charge on any atom is 0.417 e. The molecule has 1 heterocycles. The van der Waals surface area contributed by atoms with Gasteiger partial charge in [0.05, 0.1) is 11.1 Å². The first-order valence-corrected chi connectivity index (χ1v) is 6.78. The van der Waals surface area contributed by atoms with Gasteiger partial charge < -0.3 is 14.9 Å². The van der Waals surface area contributed by atoms with E-state index in [-0.39, 0.29) is 26.2 Å². The number of hydrogen-bond donors (Lipinski definition) is 1. The van der Waals surface area contributed by atoms with Gasteiger partial charge >= 0.3 is 6.18 Å². The Labute approximate surface area is 129 Å². The minimum Gasteiger partial charge on any atom is -0.387 e. The quantitative estimate of drug-likeness (QED) is 0.825. The number of amides is 2. The largest absolute Gasteiger partial charge is 0.417 e. The molecule has 0 unspecified atom stereocenters. The molecule has 5 nitrogen and oxygen atoms in total. The third kappa shape index (κ3) is 3.79. The number of aliphatic hydroxyl groups is 1. The summed E-state index contributed by atoms with van der Waals surface area (Å²) in [5.41, 5.74) is -1.95. The Morgan fingerprint density at radius 2 is 1.65 bits per heavy atom. The summed E-state index contributed by atoms with van der Waals surface area (Å²) in [4.78, 5) is 26.1. The highest BCUT2D eigenvalue weighted by molar-refractivity contribution is 5.96. The highest BCUT2D eigenvalue weighted by atomic mass is 19.4. The molecular weight excluding hydrogens is 320 g/mol. The van der Waals surface area contributed by atoms with Crippen molar-refractivity contribution in [2.45, 2.75) is 6.18 Å². The van der Waals surface area contributed by atoms with Crippen molar-refractivity contribution in [3.63, 3.8) is 0 Å². The number of hydrogen-bond acceptors (Lipinski definition) is 3. The molecule has 2 amide bonds. The van der Waals surface area contributed by atoms with Crippen LogP contribution in [-0.2, 0) is 11.0 Å². The summed E-state index contributed by atoms with van der Waals surface area (Å²) in [5, 5.41) is 8.76. The molecule has 1 aromatic carbocycles. The van der Waals surface area contributed by atoms with E-state index in [1.54, 1.807) is 0 Å². The lowest BCUT2D eigenvalue weighted by atomic mass is 10.0. The van der Waals surface area contributed by atoms with Gasteiger partial charge in [-0.25, -0.2) is 4.39 Å². The smallest absolute Gasteiger partial charge is 0.387 e. The summed E-state index contributed by atoms with van der Waals surface area (Å²) in [6, 6.07) is 1.90. The van der Waals surface area contributed by atoms with Crippen molar-refractivity contribution in [1.29, 1.82) is 0 Å². The summed E-state index contributed by atoms with van der Waals surface area (Å²) >= 11 is 0. The maximum absolute atomic E-state index is 13.1. The number of carbonyl (C=O) groups is 2. The third-order valence-corrected chi connectivity index (χ3v) is 3.57. The van der Waals surface area contributed by atoms with Gasteiger partial charge in [0, 0.05) is 26.2 Å². The first-order valence-electron chi connectivity index (χ1n) is 6.78. The van der Waals surface area contributed by atoms with Crippen LogP contribution in [0, 0.1) is 5.82 Å². The Kier molecular flexibility index (Phi) is 4.88. The molecule has 0 radical (unpaired) electrons. The van der Waals surface area contributed by atoms with E-state index in [0.29, 0.717) is 6.07 Å². The second-order valence-electron chi connectivity index (χ2n) is 5.02. The average Bonchev–Trinajstić information content (AvgIpc) is 2.52. The van der Waals surface area contributed by atoms with Crippen LogP contribution in [0.1, 0.15) is 15.9 Å². The van der Waals surface area contributed by atoms with Crippen LogP contribution in [0.25, 0.3) is 0 Å². The van der Waals surface area contributed by atoms with Gasteiger partial charge in [0.1, 0.15) is 12.4 Å². The van der Waals surface area contributed by atoms with Crippen LogP contribution >= 0.6 is 0 Å². The van der Waals surface area contributed by atoms with Crippen molar-refractivity contribution in [3.8, 4) is 0 Å². The predicted molar refractivity (Wildman–Crippen MR) is 71.0 cm³/mol. The number of halogens is 4. The predicted octanol–water partition coefficient (Wildman–Crippen LogP) is 1.12. The number of carbonyl (C=O) groups excluding carboxylic acids is 2. The summed E-state index contributed by atoms with van der Waals surface area (Å²) < 4.78 is 51.9. The highest BCUT2D eigenvalue weighted by Gasteiger charge is 2.37. The lowest BCUT2D eigenvalue weighted by Crippen LogP contribution is -2.51. The van der Waals surface area contributed by atoms with Gasteiger partial charge in [0.2, 0.25) is 5.91 Å². The van der Waals surface area contributed by atoms with Gasteiger partial charge in [0.15, 0.2) is 0 Å². The molecule has 1 fully saturated rings. The Morgan fingerprint density at radius 1 is 1.09 bits per heavy atom. The van der Waals surface area contributed by atoms with E-state index in [2.05, 4.69) is 0 Å². The number of alkyl halides is 3. The van der Waals surface area contributed by atoms with Crippen LogP contribution in [0.3, 0.4) is 0 Å². The monoisotopic (exact) mass is 334 g/mol. The number of aliphatic hydroxyl groups excluding tert-OH is 1. The van der Waals surface area contributed by atoms with Crippen molar-refractivity contribution in [3.05, 3.63) is 35.1 Å². The molecule has 1 aliphatic rings. The van der Waals surface area contributed by atoms with Gasteiger partial charge in [-0.1, -0.05) is 0 Å². The SMILES string of the molecule is O=C(CO)N1CCN(C(=O)c2ccc(F)cc2C(F)(F)F)CC1. The van der Waals surface area contributed by atoms with E-state index in [9.17, 15) is 27.2 Å². The second-order valence-corrected chi connectivity index (χ2v) is 5.02. The van der Waals surface area contributed by atoms with Crippen LogP contribution < -0.4 is 0 Å². The molecular formula is C14H14F4N2O3. The number of rotatable bonds is 2. The second kappa shape index (κ2) is 6.53. The molecule has 1 N–H and O–H groups in total. The van der Waals surface area contributed by atoms with Crippen molar-refractivity contribution in [1.82, 2.24) is 9.80 Å². The first kappa shape index (κ1) is 17.2. The average molecular weight is 334 g/mol. The van der Waals surface area contributed by atoms with E-state index in [0.717, 1.165) is 12.1 Å². The minimum atomic E-state index is -4.85. The molecule has 0 atom stereocenters. The molecule has 1 saturated heterocycles. The minimum absolute atomic E-state index is 0.0409. The maximum atomic E-state index is 13.1. The Hall–Kier alpha value is -2.16. The highest BCUT2D eigenvalue weighted by Crippen LogP contribution is 2.33. The van der Waals surface area contributed by atoms with E-state index in [4.69, 9.17) is 5.11 Å². The fourth-order valence-corrected chi connectivity index (χ4v) is 2.37. The van der Waals surface area contributed by atoms with Crippen LogP contribution in [-0.4, -0.2) is 59.5 Å². The van der Waals surface area contributed by atoms with Gasteiger partial charge in [-0.15, -0.1) is 0 Å². The zero-order valence-electron chi connectivity index (χ0n) is 11.9. The fourth-order valence-electron chi connectivity index (χ4n) is 2.37. The van der Waals surface area contributed by atoms with Crippen molar-refractivity contribution >= 4 is 11.8 Å². The number of nitrogens with zero attached hydrogens (tertiary/aromatic N) is 2. The summed E-state index contributed by atoms with van der Waals surface area (Å²) in [6.07, 6.45) is -4.85. The Balaban J connectivity index is 2.18. The summed E-state index contributed by atoms with van der Waals surface area (Å²) in [6.45, 7) is -0.343. The van der Waals surface area contributed by atoms with E-state index in [1.807, 2.05) is 0 Å². The zero-order chi connectivity index (χ0) is 17.2. The van der Waals surface area contributed by atoms with Gasteiger partial charge in [-0.05, 0) is 18.2 Å². The fraction of sp³-hybridized carbons (Fsp3) is 0.429. The molecule has 0 aromatic heterocycles. The molecule has 1 aromatic rings.